The largest absolute Gasteiger partial charge is 0.396 e. The molecule has 1 fully saturated rings. The van der Waals surface area contributed by atoms with Gasteiger partial charge in [0.25, 0.3) is 0 Å². The quantitative estimate of drug-likeness (QED) is 0.208. The summed E-state index contributed by atoms with van der Waals surface area (Å²) in [5, 5.41) is 75.0. The Hall–Kier alpha value is -0.280. The van der Waals surface area contributed by atoms with Crippen LogP contribution >= 0.6 is 0 Å². The fourth-order valence-electron chi connectivity index (χ4n) is 7.74. The predicted molar refractivity (Wildman–Crippen MR) is 167 cm³/mol. The number of hydrogen-bond acceptors (Lipinski definition) is 7. The minimum atomic E-state index is -1.58. The third-order valence-electron chi connectivity index (χ3n) is 10.9. The maximum atomic E-state index is 10.8. The fourth-order valence-corrected chi connectivity index (χ4v) is 7.74. The molecule has 1 atom stereocenters. The molecule has 41 heavy (non-hydrogen) atoms. The molecule has 0 saturated heterocycles. The maximum absolute atomic E-state index is 10.8. The second-order valence-electron chi connectivity index (χ2n) is 13.3. The van der Waals surface area contributed by atoms with E-state index in [-0.39, 0.29) is 6.61 Å². The van der Waals surface area contributed by atoms with Gasteiger partial charge in [-0.15, -0.1) is 0 Å². The van der Waals surface area contributed by atoms with Crippen molar-refractivity contribution in [3.05, 3.63) is 0 Å². The topological polar surface area (TPSA) is 142 Å². The van der Waals surface area contributed by atoms with Crippen molar-refractivity contribution in [2.75, 3.05) is 46.2 Å². The Morgan fingerprint density at radius 3 is 0.951 bits per heavy atom. The molecule has 0 aliphatic heterocycles. The second-order valence-corrected chi connectivity index (χ2v) is 13.3. The molecule has 246 valence electrons. The molecule has 1 unspecified atom stereocenters. The van der Waals surface area contributed by atoms with Gasteiger partial charge in [-0.1, -0.05) is 135 Å². The molecule has 7 nitrogen and oxygen atoms in total. The van der Waals surface area contributed by atoms with E-state index < -0.39 is 61.8 Å². The van der Waals surface area contributed by atoms with Crippen molar-refractivity contribution >= 4 is 0 Å². The molecule has 1 rings (SSSR count). The van der Waals surface area contributed by atoms with Gasteiger partial charge >= 0.3 is 0 Å². The van der Waals surface area contributed by atoms with Crippen LogP contribution in [-0.2, 0) is 0 Å². The number of aliphatic hydroxyl groups is 7. The maximum Gasteiger partial charge on any atom is 0.0523 e. The Bertz CT molecular complexity index is 588. The Balaban J connectivity index is 3.05. The van der Waals surface area contributed by atoms with Gasteiger partial charge in [-0.3, -0.25) is 0 Å². The van der Waals surface area contributed by atoms with Crippen LogP contribution in [0.25, 0.3) is 0 Å². The second kappa shape index (κ2) is 23.1. The van der Waals surface area contributed by atoms with E-state index in [4.69, 9.17) is 0 Å². The van der Waals surface area contributed by atoms with Crippen LogP contribution in [0.15, 0.2) is 0 Å². The number of aliphatic hydroxyl groups excluding tert-OH is 7. The van der Waals surface area contributed by atoms with Crippen LogP contribution in [-0.4, -0.2) is 82.0 Å². The third-order valence-corrected chi connectivity index (χ3v) is 10.9. The van der Waals surface area contributed by atoms with E-state index in [1.807, 2.05) is 0 Å². The van der Waals surface area contributed by atoms with Gasteiger partial charge in [0.2, 0.25) is 0 Å². The lowest BCUT2D eigenvalue weighted by atomic mass is 9.46. The van der Waals surface area contributed by atoms with Gasteiger partial charge in [0.15, 0.2) is 0 Å². The normalized spacial score (nSPS) is 25.7. The lowest BCUT2D eigenvalue weighted by Crippen LogP contribution is -2.66. The fraction of sp³-hybridized carbons (Fsp3) is 1.00. The van der Waals surface area contributed by atoms with E-state index >= 15 is 0 Å². The zero-order valence-corrected chi connectivity index (χ0v) is 26.4. The van der Waals surface area contributed by atoms with Crippen LogP contribution in [0, 0.1) is 22.2 Å². The van der Waals surface area contributed by atoms with Gasteiger partial charge in [0.1, 0.15) is 0 Å². The van der Waals surface area contributed by atoms with Crippen molar-refractivity contribution in [2.24, 2.45) is 22.2 Å². The van der Waals surface area contributed by atoms with Gasteiger partial charge in [0, 0.05) is 22.9 Å². The van der Waals surface area contributed by atoms with E-state index in [1.54, 1.807) is 0 Å². The lowest BCUT2D eigenvalue weighted by molar-refractivity contribution is -0.234. The summed E-state index contributed by atoms with van der Waals surface area (Å²) in [4.78, 5) is 0. The lowest BCUT2D eigenvalue weighted by Gasteiger charge is -2.59. The van der Waals surface area contributed by atoms with Crippen LogP contribution in [0.4, 0.5) is 0 Å². The zero-order chi connectivity index (χ0) is 30.3. The third kappa shape index (κ3) is 11.3. The smallest absolute Gasteiger partial charge is 0.0523 e. The van der Waals surface area contributed by atoms with Crippen molar-refractivity contribution in [3.63, 3.8) is 0 Å². The summed E-state index contributed by atoms with van der Waals surface area (Å²) in [6.45, 7) is -3.70. The predicted octanol–water partition coefficient (Wildman–Crippen LogP) is 5.49. The summed E-state index contributed by atoms with van der Waals surface area (Å²) in [6, 6.07) is 0. The first-order chi connectivity index (χ1) is 20.0. The van der Waals surface area contributed by atoms with Gasteiger partial charge in [-0.25, -0.2) is 0 Å². The summed E-state index contributed by atoms with van der Waals surface area (Å²) in [7, 11) is 0. The summed E-state index contributed by atoms with van der Waals surface area (Å²) in [5.74, 6) is -0.600. The highest BCUT2D eigenvalue weighted by atomic mass is 16.3. The molecule has 1 aliphatic carbocycles. The highest BCUT2D eigenvalue weighted by Gasteiger charge is 2.63. The van der Waals surface area contributed by atoms with Crippen molar-refractivity contribution < 1.29 is 35.7 Å². The summed E-state index contributed by atoms with van der Waals surface area (Å²) in [5.41, 5.74) is -4.37. The standard InChI is InChI=1S/C34H68O7/c35-24-31-22-20-18-16-14-12-10-8-6-4-2-1-3-5-7-9-11-13-15-17-19-21-23-32(25-36,26-37)34(29-40,30-41)33(31,27-38)28-39/h31,35-41H,1-30H2. The SMILES string of the molecule is OCC1CCCCCCCCCCCCCCCCCCCCCCCC(CO)(CO)C(CO)(CO)C1(CO)CO. The van der Waals surface area contributed by atoms with Gasteiger partial charge in [-0.05, 0) is 18.8 Å². The van der Waals surface area contributed by atoms with Gasteiger partial charge in [-0.2, -0.15) is 0 Å². The number of hydrogen-bond donors (Lipinski definition) is 7. The highest BCUT2D eigenvalue weighted by molar-refractivity contribution is 5.10. The molecule has 0 aromatic heterocycles. The first-order valence-electron chi connectivity index (χ1n) is 17.3. The van der Waals surface area contributed by atoms with Gasteiger partial charge < -0.3 is 35.7 Å². The molecule has 0 radical (unpaired) electrons. The van der Waals surface area contributed by atoms with Crippen molar-refractivity contribution in [2.45, 2.75) is 148 Å². The van der Waals surface area contributed by atoms with Crippen LogP contribution in [0.3, 0.4) is 0 Å². The van der Waals surface area contributed by atoms with Gasteiger partial charge in [0.05, 0.1) is 39.6 Å². The molecule has 7 N–H and O–H groups in total. The zero-order valence-electron chi connectivity index (χ0n) is 26.4. The monoisotopic (exact) mass is 588 g/mol. The Morgan fingerprint density at radius 1 is 0.366 bits per heavy atom. The molecule has 0 bridgehead atoms. The molecule has 0 amide bonds. The molecule has 7 heteroatoms. The minimum Gasteiger partial charge on any atom is -0.396 e. The van der Waals surface area contributed by atoms with E-state index in [9.17, 15) is 35.7 Å². The first kappa shape index (κ1) is 38.7. The van der Waals surface area contributed by atoms with Crippen LogP contribution in [0.1, 0.15) is 148 Å². The molecule has 0 aromatic carbocycles. The van der Waals surface area contributed by atoms with Crippen LogP contribution < -0.4 is 0 Å². The average molecular weight is 589 g/mol. The Kier molecular flexibility index (Phi) is 21.9. The van der Waals surface area contributed by atoms with Crippen molar-refractivity contribution in [1.82, 2.24) is 0 Å². The minimum absolute atomic E-state index is 0.324. The van der Waals surface area contributed by atoms with E-state index in [0.29, 0.717) is 19.3 Å². The van der Waals surface area contributed by atoms with E-state index in [1.165, 1.54) is 89.9 Å². The van der Waals surface area contributed by atoms with Crippen LogP contribution in [0.2, 0.25) is 0 Å². The summed E-state index contributed by atoms with van der Waals surface area (Å²) >= 11 is 0. The van der Waals surface area contributed by atoms with E-state index in [2.05, 4.69) is 0 Å². The Morgan fingerprint density at radius 2 is 0.683 bits per heavy atom. The summed E-state index contributed by atoms with van der Waals surface area (Å²) in [6.07, 6.45) is 25.7. The van der Waals surface area contributed by atoms with E-state index in [0.717, 1.165) is 38.5 Å². The molecule has 1 saturated carbocycles. The molecule has 0 heterocycles. The van der Waals surface area contributed by atoms with Crippen LogP contribution in [0.5, 0.6) is 0 Å². The molecule has 0 spiro atoms. The van der Waals surface area contributed by atoms with Crippen molar-refractivity contribution in [3.8, 4) is 0 Å². The summed E-state index contributed by atoms with van der Waals surface area (Å²) < 4.78 is 0. The number of rotatable bonds is 7. The molecule has 0 aromatic rings. The Labute approximate surface area is 251 Å². The first-order valence-corrected chi connectivity index (χ1v) is 17.3. The highest BCUT2D eigenvalue weighted by Crippen LogP contribution is 2.57. The average Bonchev–Trinajstić information content (AvgIpc) is 3.00. The van der Waals surface area contributed by atoms with Crippen molar-refractivity contribution in [1.29, 1.82) is 0 Å². The molecule has 1 aliphatic rings. The molecular weight excluding hydrogens is 520 g/mol. The molecular formula is C34H68O7.